The van der Waals surface area contributed by atoms with Crippen molar-refractivity contribution < 1.29 is 19.1 Å². The van der Waals surface area contributed by atoms with Crippen LogP contribution in [0.3, 0.4) is 0 Å². The monoisotopic (exact) mass is 411 g/mol. The summed E-state index contributed by atoms with van der Waals surface area (Å²) in [5, 5.41) is 0. The third kappa shape index (κ3) is 22.8. The Balaban J connectivity index is 3.30. The Kier molecular flexibility index (Phi) is 21.8. The molecule has 5 nitrogen and oxygen atoms in total. The maximum absolute atomic E-state index is 11.7. The molecule has 170 valence electrons. The lowest BCUT2D eigenvalue weighted by Gasteiger charge is -2.15. The van der Waals surface area contributed by atoms with Crippen LogP contribution >= 0.6 is 0 Å². The van der Waals surface area contributed by atoms with Crippen molar-refractivity contribution in [3.05, 3.63) is 12.2 Å². The summed E-state index contributed by atoms with van der Waals surface area (Å²) in [6.07, 6.45) is 21.5. The van der Waals surface area contributed by atoms with Crippen LogP contribution in [0.2, 0.25) is 0 Å². The number of hydrogen-bond donors (Lipinski definition) is 0. The molecule has 0 atom stereocenters. The molecule has 29 heavy (non-hydrogen) atoms. The maximum atomic E-state index is 11.7. The molecule has 0 bridgehead atoms. The van der Waals surface area contributed by atoms with E-state index in [4.69, 9.17) is 4.74 Å². The van der Waals surface area contributed by atoms with Gasteiger partial charge in [0.25, 0.3) is 6.47 Å². The summed E-state index contributed by atoms with van der Waals surface area (Å²) in [6, 6.07) is 0. The molecule has 0 aromatic heterocycles. The molecule has 0 spiro atoms. The normalized spacial score (nSPS) is 11.3. The van der Waals surface area contributed by atoms with Gasteiger partial charge in [0.15, 0.2) is 0 Å². The lowest BCUT2D eigenvalue weighted by atomic mass is 10.1. The van der Waals surface area contributed by atoms with Gasteiger partial charge < -0.3 is 9.47 Å². The van der Waals surface area contributed by atoms with E-state index >= 15 is 0 Å². The number of likely N-dealkylation sites (N-methyl/N-ethyl adjacent to an activating group) is 1. The van der Waals surface area contributed by atoms with E-state index in [1.54, 1.807) is 0 Å². The first-order chi connectivity index (χ1) is 14.2. The highest BCUT2D eigenvalue weighted by Crippen LogP contribution is 2.10. The average Bonchev–Trinajstić information content (AvgIpc) is 2.71. The fraction of sp³-hybridized carbons (Fsp3) is 0.833. The van der Waals surface area contributed by atoms with Crippen molar-refractivity contribution in [3.63, 3.8) is 0 Å². The van der Waals surface area contributed by atoms with Crippen molar-refractivity contribution in [3.8, 4) is 0 Å². The van der Waals surface area contributed by atoms with Gasteiger partial charge in [0.1, 0.15) is 13.2 Å². The number of allylic oxidation sites excluding steroid dienone is 2. The van der Waals surface area contributed by atoms with E-state index in [2.05, 4.69) is 23.8 Å². The van der Waals surface area contributed by atoms with Crippen LogP contribution in [0.1, 0.15) is 96.8 Å². The van der Waals surface area contributed by atoms with E-state index in [1.165, 1.54) is 70.6 Å². The minimum absolute atomic E-state index is 0.111. The zero-order valence-corrected chi connectivity index (χ0v) is 19.0. The standard InChI is InChI=1S/C24H45NO4/c1-3-4-5-6-7-8-9-10-11-12-13-14-15-16-17-18-24(27)29-22-20-25(2)19-21-28-23-26/h10-11,23H,3-9,12-22H2,1-2H3/b11-10-. The van der Waals surface area contributed by atoms with Gasteiger partial charge in [-0.05, 0) is 39.2 Å². The minimum Gasteiger partial charge on any atom is -0.467 e. The third-order valence-corrected chi connectivity index (χ3v) is 5.04. The predicted molar refractivity (Wildman–Crippen MR) is 120 cm³/mol. The van der Waals surface area contributed by atoms with Crippen LogP contribution in [-0.4, -0.2) is 50.7 Å². The zero-order chi connectivity index (χ0) is 21.4. The van der Waals surface area contributed by atoms with Crippen LogP contribution in [-0.2, 0) is 19.1 Å². The summed E-state index contributed by atoms with van der Waals surface area (Å²) in [4.78, 5) is 23.7. The highest BCUT2D eigenvalue weighted by atomic mass is 16.5. The molecule has 0 fully saturated rings. The molecule has 0 aliphatic rings. The van der Waals surface area contributed by atoms with Gasteiger partial charge in [0, 0.05) is 19.5 Å². The predicted octanol–water partition coefficient (Wildman–Crippen LogP) is 5.67. The van der Waals surface area contributed by atoms with Crippen molar-refractivity contribution in [1.29, 1.82) is 0 Å². The second-order valence-corrected chi connectivity index (χ2v) is 7.83. The van der Waals surface area contributed by atoms with E-state index in [1.807, 2.05) is 11.9 Å². The zero-order valence-electron chi connectivity index (χ0n) is 19.0. The Hall–Kier alpha value is -1.36. The van der Waals surface area contributed by atoms with Gasteiger partial charge in [-0.1, -0.05) is 70.4 Å². The summed E-state index contributed by atoms with van der Waals surface area (Å²) in [5.74, 6) is -0.111. The van der Waals surface area contributed by atoms with Crippen LogP contribution in [0.4, 0.5) is 0 Å². The largest absolute Gasteiger partial charge is 0.467 e. The average molecular weight is 412 g/mol. The Labute approximate surface area is 179 Å². The first kappa shape index (κ1) is 27.6. The molecule has 5 heteroatoms. The number of nitrogens with zero attached hydrogens (tertiary/aromatic N) is 1. The van der Waals surface area contributed by atoms with E-state index in [0.717, 1.165) is 12.8 Å². The molecular weight excluding hydrogens is 366 g/mol. The van der Waals surface area contributed by atoms with Crippen LogP contribution < -0.4 is 0 Å². The second kappa shape index (κ2) is 22.9. The summed E-state index contributed by atoms with van der Waals surface area (Å²) < 4.78 is 9.87. The molecule has 0 aliphatic carbocycles. The van der Waals surface area contributed by atoms with Crippen LogP contribution in [0.5, 0.6) is 0 Å². The van der Waals surface area contributed by atoms with Crippen LogP contribution in [0.25, 0.3) is 0 Å². The quantitative estimate of drug-likeness (QED) is 0.0994. The minimum atomic E-state index is -0.111. The van der Waals surface area contributed by atoms with Crippen LogP contribution in [0.15, 0.2) is 12.2 Å². The van der Waals surface area contributed by atoms with E-state index in [9.17, 15) is 9.59 Å². The van der Waals surface area contributed by atoms with Gasteiger partial charge in [-0.15, -0.1) is 0 Å². The molecule has 0 rings (SSSR count). The van der Waals surface area contributed by atoms with Gasteiger partial charge in [-0.2, -0.15) is 0 Å². The van der Waals surface area contributed by atoms with Crippen LogP contribution in [0, 0.1) is 0 Å². The molecular formula is C24H45NO4. The fourth-order valence-electron chi connectivity index (χ4n) is 3.10. The van der Waals surface area contributed by atoms with Crippen molar-refractivity contribution in [2.24, 2.45) is 0 Å². The number of carbonyl (C=O) groups excluding carboxylic acids is 2. The van der Waals surface area contributed by atoms with Crippen molar-refractivity contribution in [2.75, 3.05) is 33.4 Å². The van der Waals surface area contributed by atoms with Crippen molar-refractivity contribution in [1.82, 2.24) is 4.90 Å². The molecule has 0 N–H and O–H groups in total. The first-order valence-electron chi connectivity index (χ1n) is 11.7. The molecule has 0 aliphatic heterocycles. The van der Waals surface area contributed by atoms with E-state index in [-0.39, 0.29) is 5.97 Å². The SMILES string of the molecule is CCCCCCCC/C=C\CCCCCCCC(=O)OCCN(C)CCOC=O. The highest BCUT2D eigenvalue weighted by Gasteiger charge is 2.04. The van der Waals surface area contributed by atoms with Gasteiger partial charge >= 0.3 is 5.97 Å². The Morgan fingerprint density at radius 2 is 1.34 bits per heavy atom. The summed E-state index contributed by atoms with van der Waals surface area (Å²) in [7, 11) is 1.91. The number of ether oxygens (including phenoxy) is 2. The molecule has 0 unspecified atom stereocenters. The lowest BCUT2D eigenvalue weighted by Crippen LogP contribution is -2.27. The third-order valence-electron chi connectivity index (χ3n) is 5.04. The number of unbranched alkanes of at least 4 members (excludes halogenated alkanes) is 11. The Morgan fingerprint density at radius 3 is 1.97 bits per heavy atom. The maximum Gasteiger partial charge on any atom is 0.305 e. The molecule has 0 saturated carbocycles. The molecule has 0 amide bonds. The van der Waals surface area contributed by atoms with Gasteiger partial charge in [-0.25, -0.2) is 0 Å². The number of carbonyl (C=O) groups is 2. The Bertz CT molecular complexity index is 398. The van der Waals surface area contributed by atoms with Gasteiger partial charge in [-0.3, -0.25) is 14.5 Å². The van der Waals surface area contributed by atoms with Gasteiger partial charge in [0.2, 0.25) is 0 Å². The number of esters is 1. The molecule has 0 aromatic carbocycles. The summed E-state index contributed by atoms with van der Waals surface area (Å²) in [6.45, 7) is 4.76. The summed E-state index contributed by atoms with van der Waals surface area (Å²) >= 11 is 0. The second-order valence-electron chi connectivity index (χ2n) is 7.83. The molecule has 0 aromatic rings. The lowest BCUT2D eigenvalue weighted by molar-refractivity contribution is -0.144. The van der Waals surface area contributed by atoms with E-state index in [0.29, 0.717) is 39.2 Å². The number of rotatable bonds is 22. The first-order valence-corrected chi connectivity index (χ1v) is 11.7. The highest BCUT2D eigenvalue weighted by molar-refractivity contribution is 5.69. The molecule has 0 heterocycles. The molecule has 0 saturated heterocycles. The molecule has 0 radical (unpaired) electrons. The van der Waals surface area contributed by atoms with E-state index < -0.39 is 0 Å². The smallest absolute Gasteiger partial charge is 0.305 e. The fourth-order valence-corrected chi connectivity index (χ4v) is 3.10. The van der Waals surface area contributed by atoms with Crippen molar-refractivity contribution >= 4 is 12.4 Å². The topological polar surface area (TPSA) is 55.8 Å². The van der Waals surface area contributed by atoms with Crippen molar-refractivity contribution in [2.45, 2.75) is 96.8 Å². The Morgan fingerprint density at radius 1 is 0.793 bits per heavy atom. The van der Waals surface area contributed by atoms with Gasteiger partial charge in [0.05, 0.1) is 0 Å². The summed E-state index contributed by atoms with van der Waals surface area (Å²) in [5.41, 5.74) is 0. The number of hydrogen-bond acceptors (Lipinski definition) is 5.